The first-order valence-electron chi connectivity index (χ1n) is 5.22. The number of rotatable bonds is 4. The van der Waals surface area contributed by atoms with Crippen molar-refractivity contribution in [2.45, 2.75) is 31.7 Å². The summed E-state index contributed by atoms with van der Waals surface area (Å²) in [4.78, 5) is 22.1. The Hall–Kier alpha value is -1.10. The van der Waals surface area contributed by atoms with Gasteiger partial charge in [-0.05, 0) is 18.8 Å². The molecule has 0 aliphatic heterocycles. The van der Waals surface area contributed by atoms with Gasteiger partial charge in [0.2, 0.25) is 5.91 Å². The molecule has 0 aromatic carbocycles. The molecular weight excluding hydrogens is 196 g/mol. The highest BCUT2D eigenvalue weighted by atomic mass is 16.5. The molecule has 5 heteroatoms. The lowest BCUT2D eigenvalue weighted by Crippen LogP contribution is -2.34. The second kappa shape index (κ2) is 5.70. The Morgan fingerprint density at radius 2 is 2.20 bits per heavy atom. The van der Waals surface area contributed by atoms with Gasteiger partial charge in [0, 0.05) is 12.5 Å². The largest absolute Gasteiger partial charge is 0.468 e. The summed E-state index contributed by atoms with van der Waals surface area (Å²) in [5.74, 6) is -0.288. The molecular formula is C10H18N2O3. The molecule has 0 unspecified atom stereocenters. The zero-order valence-corrected chi connectivity index (χ0v) is 8.99. The third-order valence-corrected chi connectivity index (χ3v) is 2.82. The summed E-state index contributed by atoms with van der Waals surface area (Å²) in [5, 5.41) is 2.51. The lowest BCUT2D eigenvalue weighted by atomic mass is 10.00. The van der Waals surface area contributed by atoms with Crippen molar-refractivity contribution in [2.24, 2.45) is 11.7 Å². The molecule has 1 aliphatic rings. The predicted octanol–water partition coefficient (Wildman–Crippen LogP) is -0.207. The second-order valence-corrected chi connectivity index (χ2v) is 3.91. The van der Waals surface area contributed by atoms with Crippen LogP contribution in [0.4, 0.5) is 0 Å². The van der Waals surface area contributed by atoms with Gasteiger partial charge in [-0.3, -0.25) is 9.59 Å². The molecule has 15 heavy (non-hydrogen) atoms. The topological polar surface area (TPSA) is 81.4 Å². The highest BCUT2D eigenvalue weighted by Gasteiger charge is 2.25. The molecule has 1 fully saturated rings. The number of methoxy groups -OCH3 is 1. The molecule has 1 amide bonds. The Kier molecular flexibility index (Phi) is 4.55. The molecule has 0 radical (unpaired) electrons. The first kappa shape index (κ1) is 12.0. The summed E-state index contributed by atoms with van der Waals surface area (Å²) in [5.41, 5.74) is 5.84. The molecule has 0 saturated heterocycles. The van der Waals surface area contributed by atoms with Crippen molar-refractivity contribution >= 4 is 11.9 Å². The minimum Gasteiger partial charge on any atom is -0.468 e. The fourth-order valence-electron chi connectivity index (χ4n) is 1.87. The Morgan fingerprint density at radius 1 is 1.47 bits per heavy atom. The number of amides is 1. The van der Waals surface area contributed by atoms with Crippen molar-refractivity contribution in [2.75, 3.05) is 13.7 Å². The van der Waals surface area contributed by atoms with Crippen LogP contribution in [0.25, 0.3) is 0 Å². The normalized spacial score (nSPS) is 24.9. The molecule has 0 bridgehead atoms. The molecule has 1 saturated carbocycles. The lowest BCUT2D eigenvalue weighted by molar-refractivity contribution is -0.141. The number of ether oxygens (including phenoxy) is 1. The van der Waals surface area contributed by atoms with E-state index in [-0.39, 0.29) is 24.4 Å². The SMILES string of the molecule is COC(=O)CNC(=O)C[C@@H]1CCC[C@H]1N. The molecule has 0 spiro atoms. The van der Waals surface area contributed by atoms with Gasteiger partial charge < -0.3 is 15.8 Å². The molecule has 0 aromatic rings. The van der Waals surface area contributed by atoms with Gasteiger partial charge in [-0.2, -0.15) is 0 Å². The van der Waals surface area contributed by atoms with E-state index >= 15 is 0 Å². The maximum Gasteiger partial charge on any atom is 0.325 e. The summed E-state index contributed by atoms with van der Waals surface area (Å²) in [6.45, 7) is -0.0582. The Morgan fingerprint density at radius 3 is 2.73 bits per heavy atom. The molecule has 86 valence electrons. The quantitative estimate of drug-likeness (QED) is 0.635. The van der Waals surface area contributed by atoms with Crippen molar-refractivity contribution < 1.29 is 14.3 Å². The summed E-state index contributed by atoms with van der Waals surface area (Å²) >= 11 is 0. The van der Waals surface area contributed by atoms with E-state index in [9.17, 15) is 9.59 Å². The average Bonchev–Trinajstić information content (AvgIpc) is 2.61. The maximum atomic E-state index is 11.4. The van der Waals surface area contributed by atoms with Gasteiger partial charge >= 0.3 is 5.97 Å². The van der Waals surface area contributed by atoms with Gasteiger partial charge in [-0.15, -0.1) is 0 Å². The standard InChI is InChI=1S/C10H18N2O3/c1-15-10(14)6-12-9(13)5-7-3-2-4-8(7)11/h7-8H,2-6,11H2,1H3,(H,12,13)/t7-,8+/m0/s1. The number of nitrogens with two attached hydrogens (primary N) is 1. The van der Waals surface area contributed by atoms with E-state index in [0.29, 0.717) is 6.42 Å². The highest BCUT2D eigenvalue weighted by Crippen LogP contribution is 2.26. The smallest absolute Gasteiger partial charge is 0.325 e. The van der Waals surface area contributed by atoms with Gasteiger partial charge in [0.25, 0.3) is 0 Å². The summed E-state index contributed by atoms with van der Waals surface area (Å²) < 4.78 is 4.41. The second-order valence-electron chi connectivity index (χ2n) is 3.91. The minimum atomic E-state index is -0.431. The van der Waals surface area contributed by atoms with Crippen molar-refractivity contribution in [3.05, 3.63) is 0 Å². The number of carbonyl (C=O) groups is 2. The zero-order chi connectivity index (χ0) is 11.3. The Bertz CT molecular complexity index is 243. The van der Waals surface area contributed by atoms with Gasteiger partial charge in [0.15, 0.2) is 0 Å². The van der Waals surface area contributed by atoms with Crippen LogP contribution in [-0.2, 0) is 14.3 Å². The monoisotopic (exact) mass is 214 g/mol. The molecule has 2 atom stereocenters. The lowest BCUT2D eigenvalue weighted by Gasteiger charge is -2.14. The fraction of sp³-hybridized carbons (Fsp3) is 0.800. The molecule has 1 rings (SSSR count). The third kappa shape index (κ3) is 3.87. The van der Waals surface area contributed by atoms with E-state index in [1.165, 1.54) is 7.11 Å². The Balaban J connectivity index is 2.21. The van der Waals surface area contributed by atoms with Crippen LogP contribution < -0.4 is 11.1 Å². The Labute approximate surface area is 89.3 Å². The van der Waals surface area contributed by atoms with E-state index < -0.39 is 5.97 Å². The molecule has 3 N–H and O–H groups in total. The summed E-state index contributed by atoms with van der Waals surface area (Å²) in [7, 11) is 1.29. The van der Waals surface area contributed by atoms with Crippen molar-refractivity contribution in [3.63, 3.8) is 0 Å². The molecule has 5 nitrogen and oxygen atoms in total. The molecule has 0 aromatic heterocycles. The number of nitrogens with one attached hydrogen (secondary N) is 1. The van der Waals surface area contributed by atoms with Crippen LogP contribution in [0, 0.1) is 5.92 Å². The van der Waals surface area contributed by atoms with Gasteiger partial charge in [0.05, 0.1) is 7.11 Å². The van der Waals surface area contributed by atoms with E-state index in [1.54, 1.807) is 0 Å². The third-order valence-electron chi connectivity index (χ3n) is 2.82. The summed E-state index contributed by atoms with van der Waals surface area (Å²) in [6, 6.07) is 0.133. The van der Waals surface area contributed by atoms with Crippen molar-refractivity contribution in [3.8, 4) is 0 Å². The minimum absolute atomic E-state index is 0.0582. The highest BCUT2D eigenvalue weighted by molar-refractivity contribution is 5.81. The summed E-state index contributed by atoms with van der Waals surface area (Å²) in [6.07, 6.45) is 3.51. The van der Waals surface area contributed by atoms with Crippen molar-refractivity contribution in [1.82, 2.24) is 5.32 Å². The van der Waals surface area contributed by atoms with E-state index in [1.807, 2.05) is 0 Å². The fourth-order valence-corrected chi connectivity index (χ4v) is 1.87. The van der Waals surface area contributed by atoms with Crippen LogP contribution in [0.2, 0.25) is 0 Å². The number of hydrogen-bond donors (Lipinski definition) is 2. The van der Waals surface area contributed by atoms with Crippen LogP contribution in [0.15, 0.2) is 0 Å². The van der Waals surface area contributed by atoms with Crippen LogP contribution in [0.1, 0.15) is 25.7 Å². The van der Waals surface area contributed by atoms with Crippen molar-refractivity contribution in [1.29, 1.82) is 0 Å². The predicted molar refractivity (Wildman–Crippen MR) is 55.0 cm³/mol. The molecule has 0 heterocycles. The van der Waals surface area contributed by atoms with E-state index in [0.717, 1.165) is 19.3 Å². The first-order chi connectivity index (χ1) is 7.13. The number of esters is 1. The average molecular weight is 214 g/mol. The van der Waals surface area contributed by atoms with Gasteiger partial charge in [0.1, 0.15) is 6.54 Å². The molecule has 1 aliphatic carbocycles. The first-order valence-corrected chi connectivity index (χ1v) is 5.22. The van der Waals surface area contributed by atoms with Gasteiger partial charge in [-0.1, -0.05) is 6.42 Å². The maximum absolute atomic E-state index is 11.4. The zero-order valence-electron chi connectivity index (χ0n) is 8.99. The van der Waals surface area contributed by atoms with Crippen LogP contribution in [-0.4, -0.2) is 31.6 Å². The number of hydrogen-bond acceptors (Lipinski definition) is 4. The number of carbonyl (C=O) groups excluding carboxylic acids is 2. The van der Waals surface area contributed by atoms with E-state index in [2.05, 4.69) is 10.1 Å². The van der Waals surface area contributed by atoms with E-state index in [4.69, 9.17) is 5.73 Å². The van der Waals surface area contributed by atoms with Crippen LogP contribution in [0.3, 0.4) is 0 Å². The van der Waals surface area contributed by atoms with Gasteiger partial charge in [-0.25, -0.2) is 0 Å². The van der Waals surface area contributed by atoms with Crippen LogP contribution >= 0.6 is 0 Å². The van der Waals surface area contributed by atoms with Crippen LogP contribution in [0.5, 0.6) is 0 Å².